The Hall–Kier alpha value is -0.280. The van der Waals surface area contributed by atoms with E-state index in [0.717, 1.165) is 38.8 Å². The number of carbonyl (C=O) groups excluding carboxylic acids is 1. The molecule has 2 aliphatic rings. The average molecular weight is 247 g/mol. The van der Waals surface area contributed by atoms with Gasteiger partial charge in [0, 0.05) is 19.1 Å². The number of rotatable bonds is 1. The average Bonchev–Trinajstić information content (AvgIpc) is 2.63. The molecule has 0 bridgehead atoms. The van der Waals surface area contributed by atoms with E-state index < -0.39 is 0 Å². The number of carbonyl (C=O) groups is 1. The van der Waals surface area contributed by atoms with Crippen molar-refractivity contribution in [3.05, 3.63) is 0 Å². The lowest BCUT2D eigenvalue weighted by molar-refractivity contribution is -0.137. The van der Waals surface area contributed by atoms with Gasteiger partial charge in [-0.3, -0.25) is 4.79 Å². The van der Waals surface area contributed by atoms with Crippen LogP contribution in [-0.4, -0.2) is 29.9 Å². The minimum absolute atomic E-state index is 0. The quantitative estimate of drug-likeness (QED) is 0.767. The first kappa shape index (κ1) is 13.8. The lowest BCUT2D eigenvalue weighted by Gasteiger charge is -2.33. The molecule has 4 heteroatoms. The second-order valence-corrected chi connectivity index (χ2v) is 5.23. The van der Waals surface area contributed by atoms with Gasteiger partial charge in [-0.15, -0.1) is 12.4 Å². The van der Waals surface area contributed by atoms with E-state index >= 15 is 0 Å². The zero-order valence-electron chi connectivity index (χ0n) is 10.0. The van der Waals surface area contributed by atoms with Crippen LogP contribution in [0.2, 0.25) is 0 Å². The summed E-state index contributed by atoms with van der Waals surface area (Å²) >= 11 is 0. The third-order valence-electron chi connectivity index (χ3n) is 3.86. The topological polar surface area (TPSA) is 46.3 Å². The van der Waals surface area contributed by atoms with E-state index in [1.165, 1.54) is 6.42 Å². The maximum absolute atomic E-state index is 12.2. The van der Waals surface area contributed by atoms with Gasteiger partial charge >= 0.3 is 0 Å². The van der Waals surface area contributed by atoms with E-state index in [4.69, 9.17) is 5.73 Å². The summed E-state index contributed by atoms with van der Waals surface area (Å²) in [7, 11) is 0. The van der Waals surface area contributed by atoms with Gasteiger partial charge in [-0.1, -0.05) is 13.3 Å². The minimum atomic E-state index is 0. The van der Waals surface area contributed by atoms with Crippen molar-refractivity contribution in [2.45, 2.75) is 45.1 Å². The first-order chi connectivity index (χ1) is 7.18. The highest BCUT2D eigenvalue weighted by Gasteiger charge is 2.34. The molecule has 0 spiro atoms. The van der Waals surface area contributed by atoms with Gasteiger partial charge in [-0.25, -0.2) is 0 Å². The summed E-state index contributed by atoms with van der Waals surface area (Å²) < 4.78 is 0. The van der Waals surface area contributed by atoms with Crippen molar-refractivity contribution >= 4 is 18.3 Å². The van der Waals surface area contributed by atoms with Crippen molar-refractivity contribution in [3.8, 4) is 0 Å². The van der Waals surface area contributed by atoms with Crippen LogP contribution >= 0.6 is 12.4 Å². The molecule has 0 aromatic rings. The SMILES string of the molecule is CC1CCCN(C(=O)C2CCCC2N)C1.Cl. The fourth-order valence-electron chi connectivity index (χ4n) is 2.92. The van der Waals surface area contributed by atoms with Gasteiger partial charge in [0.05, 0.1) is 5.92 Å². The molecule has 2 rings (SSSR count). The monoisotopic (exact) mass is 246 g/mol. The molecule has 94 valence electrons. The summed E-state index contributed by atoms with van der Waals surface area (Å²) in [5.41, 5.74) is 5.97. The van der Waals surface area contributed by atoms with Crippen molar-refractivity contribution in [1.29, 1.82) is 0 Å². The van der Waals surface area contributed by atoms with E-state index in [1.54, 1.807) is 0 Å². The molecule has 1 amide bonds. The highest BCUT2D eigenvalue weighted by atomic mass is 35.5. The molecular formula is C12H23ClN2O. The van der Waals surface area contributed by atoms with Gasteiger partial charge in [0.1, 0.15) is 0 Å². The molecule has 2 fully saturated rings. The molecule has 1 saturated carbocycles. The molecule has 1 saturated heterocycles. The lowest BCUT2D eigenvalue weighted by Crippen LogP contribution is -2.45. The van der Waals surface area contributed by atoms with Crippen LogP contribution in [-0.2, 0) is 4.79 Å². The van der Waals surface area contributed by atoms with Gasteiger partial charge in [0.2, 0.25) is 5.91 Å². The van der Waals surface area contributed by atoms with Crippen LogP contribution in [0.1, 0.15) is 39.0 Å². The number of piperidine rings is 1. The zero-order valence-corrected chi connectivity index (χ0v) is 10.8. The highest BCUT2D eigenvalue weighted by Crippen LogP contribution is 2.27. The Bertz CT molecular complexity index is 247. The Kier molecular flexibility index (Phi) is 5.06. The fraction of sp³-hybridized carbons (Fsp3) is 0.917. The van der Waals surface area contributed by atoms with Crippen molar-refractivity contribution in [2.75, 3.05) is 13.1 Å². The van der Waals surface area contributed by atoms with E-state index in [1.807, 2.05) is 4.90 Å². The minimum Gasteiger partial charge on any atom is -0.342 e. The van der Waals surface area contributed by atoms with E-state index in [2.05, 4.69) is 6.92 Å². The van der Waals surface area contributed by atoms with Gasteiger partial charge in [0.25, 0.3) is 0 Å². The maximum atomic E-state index is 12.2. The molecule has 16 heavy (non-hydrogen) atoms. The molecule has 1 aliphatic heterocycles. The summed E-state index contributed by atoms with van der Waals surface area (Å²) in [6.45, 7) is 4.13. The van der Waals surface area contributed by atoms with Crippen LogP contribution in [0.5, 0.6) is 0 Å². The molecule has 3 atom stereocenters. The predicted octanol–water partition coefficient (Wildman–Crippen LogP) is 1.79. The van der Waals surface area contributed by atoms with Crippen LogP contribution in [0.3, 0.4) is 0 Å². The molecule has 0 aromatic heterocycles. The van der Waals surface area contributed by atoms with Crippen LogP contribution in [0.15, 0.2) is 0 Å². The standard InChI is InChI=1S/C12H22N2O.ClH/c1-9-4-3-7-14(8-9)12(15)10-5-2-6-11(10)13;/h9-11H,2-8,13H2,1H3;1H. The molecule has 0 aromatic carbocycles. The summed E-state index contributed by atoms with van der Waals surface area (Å²) in [4.78, 5) is 14.2. The van der Waals surface area contributed by atoms with Crippen LogP contribution < -0.4 is 5.73 Å². The number of nitrogens with zero attached hydrogens (tertiary/aromatic N) is 1. The number of hydrogen-bond acceptors (Lipinski definition) is 2. The highest BCUT2D eigenvalue weighted by molar-refractivity contribution is 5.85. The van der Waals surface area contributed by atoms with Crippen LogP contribution in [0, 0.1) is 11.8 Å². The normalized spacial score (nSPS) is 34.6. The molecule has 2 N–H and O–H groups in total. The Balaban J connectivity index is 0.00000128. The van der Waals surface area contributed by atoms with E-state index in [0.29, 0.717) is 11.8 Å². The number of halogens is 1. The summed E-state index contributed by atoms with van der Waals surface area (Å²) in [5.74, 6) is 1.11. The zero-order chi connectivity index (χ0) is 10.8. The molecular weight excluding hydrogens is 224 g/mol. The smallest absolute Gasteiger partial charge is 0.227 e. The van der Waals surface area contributed by atoms with Gasteiger partial charge in [-0.05, 0) is 31.6 Å². The van der Waals surface area contributed by atoms with E-state index in [-0.39, 0.29) is 24.4 Å². The lowest BCUT2D eigenvalue weighted by atomic mass is 9.96. The first-order valence-corrected chi connectivity index (χ1v) is 6.23. The summed E-state index contributed by atoms with van der Waals surface area (Å²) in [6.07, 6.45) is 5.58. The fourth-order valence-corrected chi connectivity index (χ4v) is 2.92. The first-order valence-electron chi connectivity index (χ1n) is 6.23. The number of nitrogens with two attached hydrogens (primary N) is 1. The molecule has 1 heterocycles. The van der Waals surface area contributed by atoms with Gasteiger partial charge in [-0.2, -0.15) is 0 Å². The summed E-state index contributed by atoms with van der Waals surface area (Å²) in [6, 6.07) is 0.120. The Labute approximate surface area is 104 Å². The number of amides is 1. The summed E-state index contributed by atoms with van der Waals surface area (Å²) in [5, 5.41) is 0. The van der Waals surface area contributed by atoms with Crippen LogP contribution in [0.25, 0.3) is 0 Å². The van der Waals surface area contributed by atoms with E-state index in [9.17, 15) is 4.79 Å². The third kappa shape index (κ3) is 2.89. The van der Waals surface area contributed by atoms with Crippen molar-refractivity contribution < 1.29 is 4.79 Å². The van der Waals surface area contributed by atoms with Crippen molar-refractivity contribution in [1.82, 2.24) is 4.90 Å². The maximum Gasteiger partial charge on any atom is 0.227 e. The Morgan fingerprint density at radius 2 is 2.00 bits per heavy atom. The second-order valence-electron chi connectivity index (χ2n) is 5.23. The largest absolute Gasteiger partial charge is 0.342 e. The Morgan fingerprint density at radius 1 is 1.25 bits per heavy atom. The third-order valence-corrected chi connectivity index (χ3v) is 3.86. The molecule has 0 radical (unpaired) electrons. The van der Waals surface area contributed by atoms with Crippen LogP contribution in [0.4, 0.5) is 0 Å². The predicted molar refractivity (Wildman–Crippen MR) is 67.5 cm³/mol. The van der Waals surface area contributed by atoms with Crippen molar-refractivity contribution in [2.24, 2.45) is 17.6 Å². The Morgan fingerprint density at radius 3 is 2.56 bits per heavy atom. The van der Waals surface area contributed by atoms with Gasteiger partial charge in [0.15, 0.2) is 0 Å². The molecule has 3 unspecified atom stereocenters. The molecule has 1 aliphatic carbocycles. The number of hydrogen-bond donors (Lipinski definition) is 1. The number of likely N-dealkylation sites (tertiary alicyclic amines) is 1. The van der Waals surface area contributed by atoms with Gasteiger partial charge < -0.3 is 10.6 Å². The van der Waals surface area contributed by atoms with Crippen molar-refractivity contribution in [3.63, 3.8) is 0 Å². The second kappa shape index (κ2) is 5.87. The molecule has 3 nitrogen and oxygen atoms in total.